The van der Waals surface area contributed by atoms with Crippen molar-refractivity contribution in [2.45, 2.75) is 52.1 Å². The lowest BCUT2D eigenvalue weighted by Gasteiger charge is -2.42. The van der Waals surface area contributed by atoms with Crippen LogP contribution in [0, 0.1) is 10.1 Å². The molecule has 1 amide bonds. The maximum absolute atomic E-state index is 12.8. The van der Waals surface area contributed by atoms with E-state index in [9.17, 15) is 19.7 Å². The van der Waals surface area contributed by atoms with Gasteiger partial charge in [-0.1, -0.05) is 6.07 Å². The summed E-state index contributed by atoms with van der Waals surface area (Å²) in [6.45, 7) is 9.80. The van der Waals surface area contributed by atoms with Crippen LogP contribution in [0.2, 0.25) is 0 Å². The van der Waals surface area contributed by atoms with E-state index in [1.54, 1.807) is 6.92 Å². The third-order valence-corrected chi connectivity index (χ3v) is 6.45. The number of hydrogen-bond donors (Lipinski definition) is 2. The Kier molecular flexibility index (Phi) is 6.56. The molecule has 10 heteroatoms. The zero-order valence-corrected chi connectivity index (χ0v) is 19.6. The van der Waals surface area contributed by atoms with E-state index in [4.69, 9.17) is 9.47 Å². The smallest absolute Gasteiger partial charge is 0.341 e. The number of carbonyl (C=O) groups is 2. The van der Waals surface area contributed by atoms with Gasteiger partial charge in [0.1, 0.15) is 10.8 Å². The predicted molar refractivity (Wildman–Crippen MR) is 121 cm³/mol. The molecule has 0 saturated heterocycles. The van der Waals surface area contributed by atoms with Crippen molar-refractivity contribution in [2.75, 3.05) is 18.5 Å². The van der Waals surface area contributed by atoms with Gasteiger partial charge in [0.05, 0.1) is 23.2 Å². The lowest BCUT2D eigenvalue weighted by Crippen LogP contribution is -2.55. The largest absolute Gasteiger partial charge is 0.484 e. The molecule has 1 aromatic heterocycles. The van der Waals surface area contributed by atoms with Crippen molar-refractivity contribution in [3.05, 3.63) is 50.4 Å². The van der Waals surface area contributed by atoms with Gasteiger partial charge in [0.15, 0.2) is 6.61 Å². The summed E-state index contributed by atoms with van der Waals surface area (Å²) in [6.07, 6.45) is 0.608. The number of nitrogens with one attached hydrogen (secondary N) is 2. The van der Waals surface area contributed by atoms with Gasteiger partial charge in [0, 0.05) is 22.0 Å². The number of fused-ring (bicyclic) bond motifs is 1. The molecule has 1 aliphatic heterocycles. The molecular formula is C22H27N3O6S. The molecule has 1 aromatic carbocycles. The van der Waals surface area contributed by atoms with Gasteiger partial charge in [0.2, 0.25) is 0 Å². The van der Waals surface area contributed by atoms with Crippen molar-refractivity contribution in [1.82, 2.24) is 5.32 Å². The molecule has 2 heterocycles. The van der Waals surface area contributed by atoms with Gasteiger partial charge in [-0.3, -0.25) is 14.9 Å². The maximum atomic E-state index is 12.8. The molecule has 9 nitrogen and oxygen atoms in total. The number of benzene rings is 1. The molecule has 3 rings (SSSR count). The third-order valence-electron chi connectivity index (χ3n) is 4.98. The maximum Gasteiger partial charge on any atom is 0.341 e. The summed E-state index contributed by atoms with van der Waals surface area (Å²) >= 11 is 1.34. The van der Waals surface area contributed by atoms with E-state index in [1.165, 1.54) is 35.6 Å². The Hall–Kier alpha value is -2.98. The van der Waals surface area contributed by atoms with Crippen LogP contribution in [-0.4, -0.2) is 35.6 Å². The van der Waals surface area contributed by atoms with Crippen LogP contribution < -0.4 is 15.4 Å². The minimum atomic E-state index is -0.536. The highest BCUT2D eigenvalue weighted by Gasteiger charge is 2.42. The monoisotopic (exact) mass is 461 g/mol. The highest BCUT2D eigenvalue weighted by Crippen LogP contribution is 2.45. The van der Waals surface area contributed by atoms with Gasteiger partial charge >= 0.3 is 5.97 Å². The number of rotatable bonds is 7. The molecule has 0 fully saturated rings. The number of nitro benzene ring substituents is 1. The molecular weight excluding hydrogens is 434 g/mol. The highest BCUT2D eigenvalue weighted by molar-refractivity contribution is 7.17. The summed E-state index contributed by atoms with van der Waals surface area (Å²) in [6, 6.07) is 5.60. The van der Waals surface area contributed by atoms with E-state index in [0.717, 1.165) is 10.4 Å². The second-order valence-electron chi connectivity index (χ2n) is 8.74. The first-order valence-electron chi connectivity index (χ1n) is 10.2. The number of esters is 1. The summed E-state index contributed by atoms with van der Waals surface area (Å²) in [5.41, 5.74) is 0.475. The number of hydrogen-bond acceptors (Lipinski definition) is 8. The Morgan fingerprint density at radius 3 is 2.66 bits per heavy atom. The fourth-order valence-electron chi connectivity index (χ4n) is 4.03. The van der Waals surface area contributed by atoms with Gasteiger partial charge in [0.25, 0.3) is 11.6 Å². The lowest BCUT2D eigenvalue weighted by molar-refractivity contribution is -0.384. The van der Waals surface area contributed by atoms with Crippen LogP contribution in [0.1, 0.15) is 55.4 Å². The number of nitro groups is 1. The van der Waals surface area contributed by atoms with Gasteiger partial charge in [-0.25, -0.2) is 4.79 Å². The summed E-state index contributed by atoms with van der Waals surface area (Å²) in [4.78, 5) is 36.7. The van der Waals surface area contributed by atoms with Crippen LogP contribution in [0.15, 0.2) is 24.3 Å². The molecule has 32 heavy (non-hydrogen) atoms. The third kappa shape index (κ3) is 5.08. The van der Waals surface area contributed by atoms with Crippen molar-refractivity contribution in [1.29, 1.82) is 0 Å². The van der Waals surface area contributed by atoms with Gasteiger partial charge in [-0.15, -0.1) is 11.3 Å². The molecule has 1 aliphatic rings. The molecule has 0 spiro atoms. The van der Waals surface area contributed by atoms with E-state index < -0.39 is 22.3 Å². The molecule has 0 atom stereocenters. The second kappa shape index (κ2) is 8.87. The molecule has 2 aromatic rings. The molecule has 0 radical (unpaired) electrons. The fourth-order valence-corrected chi connectivity index (χ4v) is 5.31. The highest BCUT2D eigenvalue weighted by atomic mass is 32.1. The average molecular weight is 462 g/mol. The number of amides is 1. The SMILES string of the molecule is CCOC(=O)c1c(NC(=O)COc2cccc([N+](=O)[O-])c2)sc2c1CC(C)(C)NC2(C)C. The Bertz CT molecular complexity index is 1060. The number of nitrogens with zero attached hydrogens (tertiary/aromatic N) is 1. The van der Waals surface area contributed by atoms with E-state index in [-0.39, 0.29) is 30.2 Å². The van der Waals surface area contributed by atoms with Crippen LogP contribution in [0.3, 0.4) is 0 Å². The second-order valence-corrected chi connectivity index (χ2v) is 9.76. The van der Waals surface area contributed by atoms with Crippen molar-refractivity contribution in [3.8, 4) is 5.75 Å². The fraction of sp³-hybridized carbons (Fsp3) is 0.455. The zero-order chi connectivity index (χ0) is 23.7. The quantitative estimate of drug-likeness (QED) is 0.363. The van der Waals surface area contributed by atoms with Gasteiger partial charge in [-0.2, -0.15) is 0 Å². The van der Waals surface area contributed by atoms with Gasteiger partial charge in [-0.05, 0) is 52.7 Å². The van der Waals surface area contributed by atoms with E-state index >= 15 is 0 Å². The molecule has 0 unspecified atom stereocenters. The summed E-state index contributed by atoms with van der Waals surface area (Å²) in [5.74, 6) is -0.753. The summed E-state index contributed by atoms with van der Waals surface area (Å²) < 4.78 is 10.7. The van der Waals surface area contributed by atoms with Crippen LogP contribution in [0.25, 0.3) is 0 Å². The normalized spacial score (nSPS) is 16.0. The van der Waals surface area contributed by atoms with Crippen LogP contribution >= 0.6 is 11.3 Å². The van der Waals surface area contributed by atoms with Crippen molar-refractivity contribution < 1.29 is 24.0 Å². The Morgan fingerprint density at radius 2 is 2.00 bits per heavy atom. The van der Waals surface area contributed by atoms with E-state index in [1.807, 2.05) is 13.8 Å². The Labute approximate surface area is 190 Å². The van der Waals surface area contributed by atoms with E-state index in [2.05, 4.69) is 24.5 Å². The predicted octanol–water partition coefficient (Wildman–Crippen LogP) is 4.01. The number of non-ortho nitro benzene ring substituents is 1. The van der Waals surface area contributed by atoms with Crippen LogP contribution in [-0.2, 0) is 21.5 Å². The van der Waals surface area contributed by atoms with Crippen molar-refractivity contribution in [2.24, 2.45) is 0 Å². The summed E-state index contributed by atoms with van der Waals surface area (Å²) in [5, 5.41) is 17.7. The minimum Gasteiger partial charge on any atom is -0.484 e. The first kappa shape index (κ1) is 23.7. The average Bonchev–Trinajstić information content (AvgIpc) is 3.03. The van der Waals surface area contributed by atoms with Crippen LogP contribution in [0.4, 0.5) is 10.7 Å². The lowest BCUT2D eigenvalue weighted by atomic mass is 9.81. The molecule has 0 saturated carbocycles. The van der Waals surface area contributed by atoms with Crippen molar-refractivity contribution >= 4 is 33.9 Å². The molecule has 172 valence electrons. The topological polar surface area (TPSA) is 120 Å². The minimum absolute atomic E-state index is 0.129. The van der Waals surface area contributed by atoms with E-state index in [0.29, 0.717) is 17.0 Å². The summed E-state index contributed by atoms with van der Waals surface area (Å²) in [7, 11) is 0. The number of carbonyl (C=O) groups excluding carboxylic acids is 2. The number of thiophene rings is 1. The number of anilines is 1. The first-order chi connectivity index (χ1) is 14.9. The molecule has 0 aliphatic carbocycles. The number of ether oxygens (including phenoxy) is 2. The standard InChI is InChI=1S/C22H27N3O6S/c1-6-30-20(27)17-15-11-21(2,3)24-22(4,5)18(15)32-19(17)23-16(26)12-31-14-9-7-8-13(10-14)25(28)29/h7-10,24H,6,11-12H2,1-5H3,(H,23,26). The first-order valence-corrected chi connectivity index (χ1v) is 11.0. The molecule has 2 N–H and O–H groups in total. The van der Waals surface area contributed by atoms with Crippen molar-refractivity contribution in [3.63, 3.8) is 0 Å². The van der Waals surface area contributed by atoms with Crippen LogP contribution in [0.5, 0.6) is 5.75 Å². The van der Waals surface area contributed by atoms with Gasteiger partial charge < -0.3 is 20.1 Å². The zero-order valence-electron chi connectivity index (χ0n) is 18.7. The Morgan fingerprint density at radius 1 is 1.28 bits per heavy atom. The Balaban J connectivity index is 1.85. The molecule has 0 bridgehead atoms.